The Kier molecular flexibility index (Phi) is 3.69. The lowest BCUT2D eigenvalue weighted by molar-refractivity contribution is 0.219. The van der Waals surface area contributed by atoms with Gasteiger partial charge in [0.05, 0.1) is 0 Å². The van der Waals surface area contributed by atoms with Crippen LogP contribution < -0.4 is 0 Å². The fourth-order valence-corrected chi connectivity index (χ4v) is 1.93. The average molecular weight is 265 g/mol. The maximum absolute atomic E-state index is 13.5. The van der Waals surface area contributed by atoms with Crippen molar-refractivity contribution in [3.05, 3.63) is 69.5 Å². The van der Waals surface area contributed by atoms with Crippen LogP contribution in [0, 0.1) is 19.7 Å². The molecule has 94 valence electrons. The molecule has 0 bridgehead atoms. The van der Waals surface area contributed by atoms with Crippen molar-refractivity contribution < 1.29 is 9.50 Å². The number of halogens is 2. The maximum atomic E-state index is 13.5. The molecule has 1 atom stereocenters. The van der Waals surface area contributed by atoms with Gasteiger partial charge in [-0.2, -0.15) is 0 Å². The lowest BCUT2D eigenvalue weighted by Crippen LogP contribution is -2.01. The van der Waals surface area contributed by atoms with E-state index in [1.54, 1.807) is 31.2 Å². The third-order valence-electron chi connectivity index (χ3n) is 3.01. The van der Waals surface area contributed by atoms with E-state index < -0.39 is 6.10 Å². The number of benzene rings is 2. The predicted molar refractivity (Wildman–Crippen MR) is 71.4 cm³/mol. The molecule has 1 unspecified atom stereocenters. The van der Waals surface area contributed by atoms with Gasteiger partial charge < -0.3 is 5.11 Å². The Bertz CT molecular complexity index is 529. The molecule has 0 radical (unpaired) electrons. The zero-order valence-electron chi connectivity index (χ0n) is 10.2. The van der Waals surface area contributed by atoms with Crippen molar-refractivity contribution >= 4 is 11.6 Å². The number of aliphatic hydroxyl groups is 1. The van der Waals surface area contributed by atoms with E-state index in [9.17, 15) is 9.50 Å². The summed E-state index contributed by atoms with van der Waals surface area (Å²) in [4.78, 5) is 0. The number of hydrogen-bond acceptors (Lipinski definition) is 1. The van der Waals surface area contributed by atoms with Crippen molar-refractivity contribution in [3.63, 3.8) is 0 Å². The third kappa shape index (κ3) is 2.55. The van der Waals surface area contributed by atoms with Crippen LogP contribution in [0.2, 0.25) is 5.02 Å². The molecule has 0 saturated carbocycles. The monoisotopic (exact) mass is 264 g/mol. The fourth-order valence-electron chi connectivity index (χ4n) is 1.81. The largest absolute Gasteiger partial charge is 0.384 e. The van der Waals surface area contributed by atoms with Gasteiger partial charge in [-0.05, 0) is 48.2 Å². The van der Waals surface area contributed by atoms with Crippen LogP contribution in [0.1, 0.15) is 28.4 Å². The second-order valence-electron chi connectivity index (χ2n) is 4.42. The first kappa shape index (κ1) is 13.1. The van der Waals surface area contributed by atoms with Gasteiger partial charge >= 0.3 is 0 Å². The Morgan fingerprint density at radius 2 is 1.61 bits per heavy atom. The Morgan fingerprint density at radius 3 is 2.22 bits per heavy atom. The molecule has 3 heteroatoms. The van der Waals surface area contributed by atoms with Crippen LogP contribution in [-0.2, 0) is 0 Å². The molecule has 1 N–H and O–H groups in total. The van der Waals surface area contributed by atoms with Gasteiger partial charge in [0.2, 0.25) is 0 Å². The van der Waals surface area contributed by atoms with E-state index >= 15 is 0 Å². The van der Waals surface area contributed by atoms with E-state index in [2.05, 4.69) is 0 Å². The van der Waals surface area contributed by atoms with Crippen LogP contribution in [0.25, 0.3) is 0 Å². The maximum Gasteiger partial charge on any atom is 0.126 e. The molecule has 2 aromatic rings. The highest BCUT2D eigenvalue weighted by Gasteiger charge is 2.12. The smallest absolute Gasteiger partial charge is 0.126 e. The molecule has 0 amide bonds. The van der Waals surface area contributed by atoms with Crippen LogP contribution in [-0.4, -0.2) is 5.11 Å². The number of aryl methyl sites for hydroxylation is 2. The SMILES string of the molecule is Cc1ccc(C(O)c2ccc(Cl)c(C)c2)cc1F. The zero-order chi connectivity index (χ0) is 13.3. The quantitative estimate of drug-likeness (QED) is 0.863. The molecular formula is C15H14ClFO. The normalized spacial score (nSPS) is 12.5. The minimum Gasteiger partial charge on any atom is -0.384 e. The molecule has 0 fully saturated rings. The molecule has 0 saturated heterocycles. The topological polar surface area (TPSA) is 20.2 Å². The summed E-state index contributed by atoms with van der Waals surface area (Å²) in [5, 5.41) is 10.9. The molecule has 1 nitrogen and oxygen atoms in total. The van der Waals surface area contributed by atoms with E-state index in [1.165, 1.54) is 6.07 Å². The average Bonchev–Trinajstić information content (AvgIpc) is 2.35. The standard InChI is InChI=1S/C15H14ClFO/c1-9-3-4-12(8-14(9)17)15(18)11-5-6-13(16)10(2)7-11/h3-8,15,18H,1-2H3. The first-order valence-electron chi connectivity index (χ1n) is 5.69. The molecule has 18 heavy (non-hydrogen) atoms. The Labute approximate surface area is 111 Å². The van der Waals surface area contributed by atoms with Gasteiger partial charge in [-0.3, -0.25) is 0 Å². The summed E-state index contributed by atoms with van der Waals surface area (Å²) in [5.41, 5.74) is 2.71. The van der Waals surface area contributed by atoms with Crippen LogP contribution >= 0.6 is 11.6 Å². The highest BCUT2D eigenvalue weighted by molar-refractivity contribution is 6.31. The minimum absolute atomic E-state index is 0.308. The Balaban J connectivity index is 2.37. The first-order valence-corrected chi connectivity index (χ1v) is 6.07. The molecule has 0 aromatic heterocycles. The zero-order valence-corrected chi connectivity index (χ0v) is 11.0. The lowest BCUT2D eigenvalue weighted by Gasteiger charge is -2.13. The van der Waals surface area contributed by atoms with E-state index in [1.807, 2.05) is 13.0 Å². The van der Waals surface area contributed by atoms with Gasteiger partial charge in [-0.25, -0.2) is 4.39 Å². The molecule has 2 aromatic carbocycles. The van der Waals surface area contributed by atoms with Gasteiger partial charge in [-0.1, -0.05) is 35.9 Å². The molecule has 2 rings (SSSR count). The summed E-state index contributed by atoms with van der Waals surface area (Å²) < 4.78 is 13.5. The Morgan fingerprint density at radius 1 is 1.00 bits per heavy atom. The van der Waals surface area contributed by atoms with E-state index in [4.69, 9.17) is 11.6 Å². The molecule has 0 spiro atoms. The summed E-state index contributed by atoms with van der Waals surface area (Å²) >= 11 is 5.94. The summed E-state index contributed by atoms with van der Waals surface area (Å²) in [5.74, 6) is -0.308. The third-order valence-corrected chi connectivity index (χ3v) is 3.43. The summed E-state index contributed by atoms with van der Waals surface area (Å²) in [7, 11) is 0. The van der Waals surface area contributed by atoms with Crippen LogP contribution in [0.5, 0.6) is 0 Å². The highest BCUT2D eigenvalue weighted by atomic mass is 35.5. The number of aliphatic hydroxyl groups excluding tert-OH is 1. The van der Waals surface area contributed by atoms with Gasteiger partial charge in [0.1, 0.15) is 11.9 Å². The van der Waals surface area contributed by atoms with E-state index in [0.29, 0.717) is 21.7 Å². The van der Waals surface area contributed by atoms with Crippen molar-refractivity contribution in [2.75, 3.05) is 0 Å². The van der Waals surface area contributed by atoms with Crippen molar-refractivity contribution in [2.24, 2.45) is 0 Å². The summed E-state index contributed by atoms with van der Waals surface area (Å²) in [6.45, 7) is 3.56. The fraction of sp³-hybridized carbons (Fsp3) is 0.200. The second kappa shape index (κ2) is 5.09. The second-order valence-corrected chi connectivity index (χ2v) is 4.83. The lowest BCUT2D eigenvalue weighted by atomic mass is 9.99. The van der Waals surface area contributed by atoms with E-state index in [-0.39, 0.29) is 5.82 Å². The van der Waals surface area contributed by atoms with E-state index in [0.717, 1.165) is 5.56 Å². The van der Waals surface area contributed by atoms with Crippen molar-refractivity contribution in [1.29, 1.82) is 0 Å². The first-order chi connectivity index (χ1) is 8.49. The van der Waals surface area contributed by atoms with Crippen molar-refractivity contribution in [2.45, 2.75) is 20.0 Å². The summed E-state index contributed by atoms with van der Waals surface area (Å²) in [6.07, 6.45) is -0.837. The Hall–Kier alpha value is -1.38. The molecule has 0 aliphatic rings. The minimum atomic E-state index is -0.837. The van der Waals surface area contributed by atoms with Gasteiger partial charge in [0.25, 0.3) is 0 Å². The van der Waals surface area contributed by atoms with Crippen LogP contribution in [0.4, 0.5) is 4.39 Å². The number of rotatable bonds is 2. The number of hydrogen-bond donors (Lipinski definition) is 1. The van der Waals surface area contributed by atoms with Crippen molar-refractivity contribution in [3.8, 4) is 0 Å². The molecular weight excluding hydrogens is 251 g/mol. The highest BCUT2D eigenvalue weighted by Crippen LogP contribution is 2.26. The van der Waals surface area contributed by atoms with Crippen molar-refractivity contribution in [1.82, 2.24) is 0 Å². The van der Waals surface area contributed by atoms with Gasteiger partial charge in [-0.15, -0.1) is 0 Å². The van der Waals surface area contributed by atoms with Gasteiger partial charge in [0.15, 0.2) is 0 Å². The van der Waals surface area contributed by atoms with Crippen LogP contribution in [0.15, 0.2) is 36.4 Å². The van der Waals surface area contributed by atoms with Gasteiger partial charge in [0, 0.05) is 5.02 Å². The van der Waals surface area contributed by atoms with Crippen LogP contribution in [0.3, 0.4) is 0 Å². The molecule has 0 aliphatic carbocycles. The summed E-state index contributed by atoms with van der Waals surface area (Å²) in [6, 6.07) is 10.1. The predicted octanol–water partition coefficient (Wildman–Crippen LogP) is 4.18. The molecule has 0 aliphatic heterocycles. The molecule has 0 heterocycles.